The number of ether oxygens (including phenoxy) is 1. The first kappa shape index (κ1) is 22.2. The molecule has 0 saturated heterocycles. The smallest absolute Gasteiger partial charge is 0.191 e. The van der Waals surface area contributed by atoms with Crippen LogP contribution in [0.15, 0.2) is 23.2 Å². The van der Waals surface area contributed by atoms with Crippen LogP contribution in [0.4, 0.5) is 0 Å². The molecule has 0 spiro atoms. The number of nitrogens with one attached hydrogen (secondary N) is 2. The number of thioether (sulfide) groups is 1. The van der Waals surface area contributed by atoms with Crippen molar-refractivity contribution in [3.63, 3.8) is 0 Å². The quantitative estimate of drug-likeness (QED) is 0.316. The zero-order valence-electron chi connectivity index (χ0n) is 15.2. The van der Waals surface area contributed by atoms with Gasteiger partial charge in [0.25, 0.3) is 0 Å². The molecule has 142 valence electrons. The molecule has 1 aliphatic carbocycles. The Hall–Kier alpha value is -0.830. The first-order valence-corrected chi connectivity index (χ1v) is 9.97. The van der Waals surface area contributed by atoms with Crippen LogP contribution in [0.5, 0.6) is 11.5 Å². The SMILES string of the molecule is CCNC(=NCc1ccc(O)c(OCC)c1)NC1CCC(SC)C1.I. The van der Waals surface area contributed by atoms with Crippen molar-refractivity contribution in [1.82, 2.24) is 10.6 Å². The number of phenolic OH excluding ortho intramolecular Hbond substituents is 1. The van der Waals surface area contributed by atoms with Crippen molar-refractivity contribution in [1.29, 1.82) is 0 Å². The number of aliphatic imine (C=N–C) groups is 1. The Bertz CT molecular complexity index is 557. The number of phenols is 1. The lowest BCUT2D eigenvalue weighted by atomic mass is 10.2. The molecule has 0 heterocycles. The molecule has 1 aromatic rings. The van der Waals surface area contributed by atoms with Gasteiger partial charge in [0, 0.05) is 17.8 Å². The molecular weight excluding hydrogens is 449 g/mol. The summed E-state index contributed by atoms with van der Waals surface area (Å²) in [6, 6.07) is 5.89. The van der Waals surface area contributed by atoms with Crippen molar-refractivity contribution >= 4 is 41.7 Å². The number of aromatic hydroxyl groups is 1. The van der Waals surface area contributed by atoms with Crippen molar-refractivity contribution in [3.8, 4) is 11.5 Å². The minimum absolute atomic E-state index is 0. The van der Waals surface area contributed by atoms with Crippen LogP contribution in [-0.2, 0) is 6.54 Å². The highest BCUT2D eigenvalue weighted by Crippen LogP contribution is 2.28. The Labute approximate surface area is 172 Å². The van der Waals surface area contributed by atoms with Crippen LogP contribution in [0.2, 0.25) is 0 Å². The molecule has 3 N–H and O–H groups in total. The second-order valence-corrected chi connectivity index (χ2v) is 7.08. The summed E-state index contributed by atoms with van der Waals surface area (Å²) < 4.78 is 5.43. The van der Waals surface area contributed by atoms with Gasteiger partial charge >= 0.3 is 0 Å². The second-order valence-electron chi connectivity index (χ2n) is 5.94. The molecule has 0 amide bonds. The maximum absolute atomic E-state index is 9.78. The normalized spacial score (nSPS) is 20.0. The van der Waals surface area contributed by atoms with Crippen LogP contribution in [0.25, 0.3) is 0 Å². The summed E-state index contributed by atoms with van der Waals surface area (Å²) >= 11 is 1.96. The number of nitrogens with zero attached hydrogens (tertiary/aromatic N) is 1. The van der Waals surface area contributed by atoms with Crippen LogP contribution in [0, 0.1) is 0 Å². The Balaban J connectivity index is 0.00000312. The highest BCUT2D eigenvalue weighted by molar-refractivity contribution is 14.0. The molecule has 1 aliphatic rings. The Kier molecular flexibility index (Phi) is 10.4. The molecular formula is C18H30IN3O2S. The lowest BCUT2D eigenvalue weighted by Gasteiger charge is -2.17. The Morgan fingerprint density at radius 1 is 1.36 bits per heavy atom. The number of halogens is 1. The van der Waals surface area contributed by atoms with Crippen LogP contribution in [0.3, 0.4) is 0 Å². The summed E-state index contributed by atoms with van der Waals surface area (Å²) in [7, 11) is 0. The van der Waals surface area contributed by atoms with Crippen LogP contribution < -0.4 is 15.4 Å². The molecule has 1 fully saturated rings. The zero-order valence-corrected chi connectivity index (χ0v) is 18.4. The molecule has 0 bridgehead atoms. The molecule has 0 radical (unpaired) electrons. The highest BCUT2D eigenvalue weighted by Gasteiger charge is 2.24. The van der Waals surface area contributed by atoms with E-state index in [0.717, 1.165) is 23.3 Å². The van der Waals surface area contributed by atoms with Gasteiger partial charge in [-0.2, -0.15) is 11.8 Å². The summed E-state index contributed by atoms with van der Waals surface area (Å²) in [6.45, 7) is 5.90. The van der Waals surface area contributed by atoms with E-state index in [9.17, 15) is 5.11 Å². The number of hydrogen-bond donors (Lipinski definition) is 3. The van der Waals surface area contributed by atoms with Gasteiger partial charge in [-0.25, -0.2) is 4.99 Å². The van der Waals surface area contributed by atoms with Crippen molar-refractivity contribution in [2.45, 2.75) is 50.9 Å². The molecule has 7 heteroatoms. The van der Waals surface area contributed by atoms with Gasteiger partial charge < -0.3 is 20.5 Å². The molecule has 0 aliphatic heterocycles. The van der Waals surface area contributed by atoms with Crippen molar-refractivity contribution in [2.75, 3.05) is 19.4 Å². The van der Waals surface area contributed by atoms with Crippen LogP contribution in [0.1, 0.15) is 38.7 Å². The summed E-state index contributed by atoms with van der Waals surface area (Å²) in [6.07, 6.45) is 5.85. The van der Waals surface area contributed by atoms with Gasteiger partial charge in [0.15, 0.2) is 17.5 Å². The summed E-state index contributed by atoms with van der Waals surface area (Å²) in [5.74, 6) is 1.54. The van der Waals surface area contributed by atoms with E-state index in [-0.39, 0.29) is 29.7 Å². The average Bonchev–Trinajstić information content (AvgIpc) is 3.03. The second kappa shape index (κ2) is 11.7. The van der Waals surface area contributed by atoms with Gasteiger partial charge in [0.1, 0.15) is 0 Å². The van der Waals surface area contributed by atoms with Crippen LogP contribution >= 0.6 is 35.7 Å². The summed E-state index contributed by atoms with van der Waals surface area (Å²) in [4.78, 5) is 4.68. The van der Waals surface area contributed by atoms with Crippen LogP contribution in [-0.4, -0.2) is 41.8 Å². The Morgan fingerprint density at radius 2 is 2.16 bits per heavy atom. The molecule has 1 saturated carbocycles. The third-order valence-corrected chi connectivity index (χ3v) is 5.24. The van der Waals surface area contributed by atoms with Gasteiger partial charge in [-0.1, -0.05) is 6.07 Å². The first-order chi connectivity index (χ1) is 11.7. The molecule has 2 unspecified atom stereocenters. The standard InChI is InChI=1S/C18H29N3O2S.HI/c1-4-19-18(21-14-7-8-15(11-14)24-3)20-12-13-6-9-16(22)17(10-13)23-5-2;/h6,9-10,14-15,22H,4-5,7-8,11-12H2,1-3H3,(H2,19,20,21);1H. The summed E-state index contributed by atoms with van der Waals surface area (Å²) in [5.41, 5.74) is 1.02. The number of hydrogen-bond acceptors (Lipinski definition) is 4. The Morgan fingerprint density at radius 3 is 2.80 bits per heavy atom. The van der Waals surface area contributed by atoms with E-state index < -0.39 is 0 Å². The highest BCUT2D eigenvalue weighted by atomic mass is 127. The predicted molar refractivity (Wildman–Crippen MR) is 118 cm³/mol. The molecule has 2 rings (SSSR count). The van der Waals surface area contributed by atoms with E-state index in [1.807, 2.05) is 30.8 Å². The van der Waals surface area contributed by atoms with Crippen molar-refractivity contribution < 1.29 is 9.84 Å². The predicted octanol–water partition coefficient (Wildman–Crippen LogP) is 3.75. The topological polar surface area (TPSA) is 65.9 Å². The minimum Gasteiger partial charge on any atom is -0.504 e. The van der Waals surface area contributed by atoms with Gasteiger partial charge in [0.2, 0.25) is 0 Å². The summed E-state index contributed by atoms with van der Waals surface area (Å²) in [5, 5.41) is 17.4. The van der Waals surface area contributed by atoms with Crippen molar-refractivity contribution in [3.05, 3.63) is 23.8 Å². The maximum atomic E-state index is 9.78. The van der Waals surface area contributed by atoms with E-state index in [0.29, 0.717) is 24.9 Å². The third-order valence-electron chi connectivity index (χ3n) is 4.15. The fraction of sp³-hybridized carbons (Fsp3) is 0.611. The van der Waals surface area contributed by atoms with Gasteiger partial charge in [-0.3, -0.25) is 0 Å². The maximum Gasteiger partial charge on any atom is 0.191 e. The third kappa shape index (κ3) is 7.13. The molecule has 25 heavy (non-hydrogen) atoms. The first-order valence-electron chi connectivity index (χ1n) is 8.68. The van der Waals surface area contributed by atoms with E-state index in [1.165, 1.54) is 19.3 Å². The minimum atomic E-state index is 0. The molecule has 2 atom stereocenters. The van der Waals surface area contributed by atoms with E-state index >= 15 is 0 Å². The van der Waals surface area contributed by atoms with Gasteiger partial charge in [0.05, 0.1) is 13.2 Å². The fourth-order valence-electron chi connectivity index (χ4n) is 2.90. The van der Waals surface area contributed by atoms with Gasteiger partial charge in [-0.15, -0.1) is 24.0 Å². The van der Waals surface area contributed by atoms with E-state index in [4.69, 9.17) is 4.74 Å². The number of rotatable bonds is 7. The van der Waals surface area contributed by atoms with E-state index in [2.05, 4.69) is 28.8 Å². The number of guanidine groups is 1. The fourth-order valence-corrected chi connectivity index (χ4v) is 3.69. The molecule has 1 aromatic carbocycles. The largest absolute Gasteiger partial charge is 0.504 e. The molecule has 5 nitrogen and oxygen atoms in total. The van der Waals surface area contributed by atoms with Crippen molar-refractivity contribution in [2.24, 2.45) is 4.99 Å². The zero-order chi connectivity index (χ0) is 17.4. The monoisotopic (exact) mass is 479 g/mol. The lowest BCUT2D eigenvalue weighted by molar-refractivity contribution is 0.318. The van der Waals surface area contributed by atoms with E-state index in [1.54, 1.807) is 6.07 Å². The average molecular weight is 479 g/mol. The lowest BCUT2D eigenvalue weighted by Crippen LogP contribution is -2.42. The van der Waals surface area contributed by atoms with Gasteiger partial charge in [-0.05, 0) is 57.1 Å². The molecule has 0 aromatic heterocycles. The number of benzene rings is 1.